The van der Waals surface area contributed by atoms with E-state index in [2.05, 4.69) is 16.0 Å². The molecular weight excluding hydrogens is 422 g/mol. The molecule has 1 atom stereocenters. The van der Waals surface area contributed by atoms with Crippen molar-refractivity contribution in [2.24, 2.45) is 7.05 Å². The van der Waals surface area contributed by atoms with Crippen LogP contribution in [0, 0.1) is 0 Å². The van der Waals surface area contributed by atoms with Crippen LogP contribution in [0.1, 0.15) is 30.6 Å². The number of aromatic nitrogens is 1. The van der Waals surface area contributed by atoms with E-state index in [1.165, 1.54) is 0 Å². The lowest BCUT2D eigenvalue weighted by Crippen LogP contribution is -2.69. The molecule has 3 heterocycles. The number of aliphatic hydroxyl groups is 1. The van der Waals surface area contributed by atoms with Crippen LogP contribution in [0.4, 0.5) is 4.79 Å². The lowest BCUT2D eigenvalue weighted by Gasteiger charge is -2.56. The fourth-order valence-electron chi connectivity index (χ4n) is 5.39. The summed E-state index contributed by atoms with van der Waals surface area (Å²) in [6, 6.07) is 5.35. The number of methoxy groups -OCH3 is 1. The topological polar surface area (TPSA) is 90.3 Å². The molecule has 0 saturated carbocycles. The van der Waals surface area contributed by atoms with E-state index >= 15 is 0 Å². The number of aliphatic hydroxyl groups excluding tert-OH is 1. The maximum Gasteiger partial charge on any atom is 0.318 e. The first-order valence-corrected chi connectivity index (χ1v) is 11.5. The zero-order valence-corrected chi connectivity index (χ0v) is 20.2. The Morgan fingerprint density at radius 2 is 2.00 bits per heavy atom. The number of aryl methyl sites for hydroxylation is 1. The van der Waals surface area contributed by atoms with E-state index in [1.54, 1.807) is 12.0 Å². The molecule has 4 rings (SSSR count). The number of hydrogen-bond acceptors (Lipinski definition) is 5. The Kier molecular flexibility index (Phi) is 6.28. The van der Waals surface area contributed by atoms with Crippen LogP contribution in [0.15, 0.2) is 18.2 Å². The Bertz CT molecular complexity index is 1060. The summed E-state index contributed by atoms with van der Waals surface area (Å²) in [4.78, 5) is 31.4. The maximum absolute atomic E-state index is 13.1. The zero-order valence-electron chi connectivity index (χ0n) is 20.2. The molecule has 1 aromatic carbocycles. The number of carbonyl (C=O) groups is 2. The van der Waals surface area contributed by atoms with Gasteiger partial charge in [-0.2, -0.15) is 0 Å². The molecule has 0 aliphatic carbocycles. The van der Waals surface area contributed by atoms with Gasteiger partial charge in [-0.3, -0.25) is 4.79 Å². The van der Waals surface area contributed by atoms with Gasteiger partial charge < -0.3 is 34.4 Å². The van der Waals surface area contributed by atoms with Crippen molar-refractivity contribution < 1.29 is 19.4 Å². The van der Waals surface area contributed by atoms with Crippen molar-refractivity contribution in [2.75, 3.05) is 60.5 Å². The normalized spacial score (nSPS) is 19.1. The minimum atomic E-state index is -0.461. The van der Waals surface area contributed by atoms with Crippen LogP contribution in [0.25, 0.3) is 10.9 Å². The first-order valence-electron chi connectivity index (χ1n) is 11.5. The van der Waals surface area contributed by atoms with Gasteiger partial charge in [-0.15, -0.1) is 0 Å². The highest BCUT2D eigenvalue weighted by Crippen LogP contribution is 2.49. The van der Waals surface area contributed by atoms with Crippen LogP contribution in [-0.2, 0) is 17.3 Å². The Morgan fingerprint density at radius 1 is 1.27 bits per heavy atom. The molecule has 1 spiro atoms. The quantitative estimate of drug-likeness (QED) is 0.683. The fourth-order valence-corrected chi connectivity index (χ4v) is 5.39. The minimum Gasteiger partial charge on any atom is -0.497 e. The highest BCUT2D eigenvalue weighted by molar-refractivity contribution is 5.90. The van der Waals surface area contributed by atoms with Gasteiger partial charge in [-0.1, -0.05) is 6.92 Å². The SMILES string of the molecule is CCCNC(=O)N1CC2(CN(C(=O)CN(C)C)C2)c2c(n(C)c3cc(OC)ccc23)[C@@H]1CO. The largest absolute Gasteiger partial charge is 0.497 e. The van der Waals surface area contributed by atoms with Crippen molar-refractivity contribution in [1.29, 1.82) is 0 Å². The number of benzene rings is 1. The van der Waals surface area contributed by atoms with Gasteiger partial charge >= 0.3 is 6.03 Å². The summed E-state index contributed by atoms with van der Waals surface area (Å²) in [5, 5.41) is 14.5. The maximum atomic E-state index is 13.1. The van der Waals surface area contributed by atoms with Crippen molar-refractivity contribution in [3.8, 4) is 5.75 Å². The molecular formula is C24H35N5O4. The number of urea groups is 1. The molecule has 0 bridgehead atoms. The Hall–Kier alpha value is -2.78. The second-order valence-corrected chi connectivity index (χ2v) is 9.53. The molecule has 9 heteroatoms. The summed E-state index contributed by atoms with van der Waals surface area (Å²) >= 11 is 0. The number of likely N-dealkylation sites (tertiary alicyclic amines) is 1. The van der Waals surface area contributed by atoms with Gasteiger partial charge in [0.15, 0.2) is 0 Å². The van der Waals surface area contributed by atoms with E-state index in [4.69, 9.17) is 4.74 Å². The summed E-state index contributed by atoms with van der Waals surface area (Å²) in [6.07, 6.45) is 0.834. The van der Waals surface area contributed by atoms with Gasteiger partial charge in [0.2, 0.25) is 5.91 Å². The molecule has 1 fully saturated rings. The monoisotopic (exact) mass is 457 g/mol. The summed E-state index contributed by atoms with van der Waals surface area (Å²) in [5.74, 6) is 0.837. The van der Waals surface area contributed by atoms with Gasteiger partial charge in [0.05, 0.1) is 37.2 Å². The molecule has 9 nitrogen and oxygen atoms in total. The van der Waals surface area contributed by atoms with Crippen molar-refractivity contribution in [3.63, 3.8) is 0 Å². The van der Waals surface area contributed by atoms with Crippen molar-refractivity contribution in [1.82, 2.24) is 24.6 Å². The van der Waals surface area contributed by atoms with Gasteiger partial charge in [0.1, 0.15) is 5.75 Å². The van der Waals surface area contributed by atoms with Crippen LogP contribution in [0.3, 0.4) is 0 Å². The molecule has 0 unspecified atom stereocenters. The molecule has 3 amide bonds. The van der Waals surface area contributed by atoms with E-state index in [-0.39, 0.29) is 24.0 Å². The Morgan fingerprint density at radius 3 is 2.61 bits per heavy atom. The third-order valence-corrected chi connectivity index (χ3v) is 6.90. The number of carbonyl (C=O) groups excluding carboxylic acids is 2. The number of amides is 3. The van der Waals surface area contributed by atoms with Gasteiger partial charge in [-0.25, -0.2) is 4.79 Å². The molecule has 2 aliphatic rings. The number of fused-ring (bicyclic) bond motifs is 4. The molecule has 1 aromatic heterocycles. The molecule has 2 aromatic rings. The Labute approximate surface area is 194 Å². The standard InChI is InChI=1S/C24H35N5O4/c1-6-9-25-23(32)29-15-24(13-28(14-24)20(31)11-26(2)3)21-17-8-7-16(33-5)10-18(17)27(4)22(21)19(29)12-30/h7-8,10,19,30H,6,9,11-15H2,1-5H3,(H,25,32)/t19-/m0/s1. The lowest BCUT2D eigenvalue weighted by molar-refractivity contribution is -0.140. The first-order chi connectivity index (χ1) is 15.8. The Balaban J connectivity index is 1.82. The number of nitrogens with zero attached hydrogens (tertiary/aromatic N) is 4. The average molecular weight is 458 g/mol. The molecule has 0 radical (unpaired) electrons. The molecule has 2 N–H and O–H groups in total. The summed E-state index contributed by atoms with van der Waals surface area (Å²) in [6.45, 7) is 4.33. The van der Waals surface area contributed by atoms with Gasteiger partial charge in [0, 0.05) is 50.4 Å². The van der Waals surface area contributed by atoms with Crippen LogP contribution in [0.5, 0.6) is 5.75 Å². The van der Waals surface area contributed by atoms with E-state index in [0.29, 0.717) is 32.7 Å². The summed E-state index contributed by atoms with van der Waals surface area (Å²) in [5.41, 5.74) is 2.68. The highest BCUT2D eigenvalue weighted by Gasteiger charge is 2.55. The lowest BCUT2D eigenvalue weighted by atomic mass is 9.68. The van der Waals surface area contributed by atoms with E-state index in [0.717, 1.165) is 34.3 Å². The average Bonchev–Trinajstić information content (AvgIpc) is 3.06. The minimum absolute atomic E-state index is 0.0837. The van der Waals surface area contributed by atoms with Crippen molar-refractivity contribution in [3.05, 3.63) is 29.5 Å². The van der Waals surface area contributed by atoms with Gasteiger partial charge in [0.25, 0.3) is 0 Å². The van der Waals surface area contributed by atoms with Crippen LogP contribution >= 0.6 is 0 Å². The van der Waals surface area contributed by atoms with E-state index in [9.17, 15) is 14.7 Å². The summed E-state index contributed by atoms with van der Waals surface area (Å²) in [7, 11) is 7.38. The van der Waals surface area contributed by atoms with Gasteiger partial charge in [-0.05, 0) is 38.2 Å². The summed E-state index contributed by atoms with van der Waals surface area (Å²) < 4.78 is 7.52. The smallest absolute Gasteiger partial charge is 0.318 e. The number of rotatable bonds is 6. The predicted octanol–water partition coefficient (Wildman–Crippen LogP) is 1.30. The molecule has 180 valence electrons. The number of hydrogen-bond donors (Lipinski definition) is 2. The van der Waals surface area contributed by atoms with Crippen LogP contribution in [0.2, 0.25) is 0 Å². The third kappa shape index (κ3) is 3.83. The second kappa shape index (κ2) is 8.87. The first kappa shape index (κ1) is 23.4. The molecule has 33 heavy (non-hydrogen) atoms. The number of likely N-dealkylation sites (N-methyl/N-ethyl adjacent to an activating group) is 1. The van der Waals surface area contributed by atoms with E-state index in [1.807, 2.05) is 50.0 Å². The third-order valence-electron chi connectivity index (χ3n) is 6.90. The highest BCUT2D eigenvalue weighted by atomic mass is 16.5. The van der Waals surface area contributed by atoms with Crippen LogP contribution in [-0.4, -0.2) is 96.8 Å². The zero-order chi connectivity index (χ0) is 23.9. The van der Waals surface area contributed by atoms with E-state index < -0.39 is 6.04 Å². The number of nitrogens with one attached hydrogen (secondary N) is 1. The van der Waals surface area contributed by atoms with Crippen molar-refractivity contribution in [2.45, 2.75) is 24.8 Å². The molecule has 1 saturated heterocycles. The van der Waals surface area contributed by atoms with Crippen molar-refractivity contribution >= 4 is 22.8 Å². The molecule has 2 aliphatic heterocycles. The van der Waals surface area contributed by atoms with Crippen LogP contribution < -0.4 is 10.1 Å². The second-order valence-electron chi connectivity index (χ2n) is 9.53. The fraction of sp³-hybridized carbons (Fsp3) is 0.583. The number of ether oxygens (including phenoxy) is 1. The predicted molar refractivity (Wildman–Crippen MR) is 127 cm³/mol.